The maximum absolute atomic E-state index is 13.8. The fourth-order valence-corrected chi connectivity index (χ4v) is 5.09. The first kappa shape index (κ1) is 28.6. The molecule has 0 aliphatic carbocycles. The highest BCUT2D eigenvalue weighted by atomic mass is 35.5. The molecule has 0 N–H and O–H groups in total. The minimum absolute atomic E-state index is 0.0309. The van der Waals surface area contributed by atoms with Gasteiger partial charge in [0.25, 0.3) is 5.91 Å². The summed E-state index contributed by atoms with van der Waals surface area (Å²) in [5, 5.41) is 7.49. The van der Waals surface area contributed by atoms with E-state index in [0.717, 1.165) is 29.9 Å². The van der Waals surface area contributed by atoms with Crippen molar-refractivity contribution in [1.29, 1.82) is 0 Å². The zero-order chi connectivity index (χ0) is 27.3. The summed E-state index contributed by atoms with van der Waals surface area (Å²) in [6.45, 7) is 10.2. The summed E-state index contributed by atoms with van der Waals surface area (Å²) in [6.07, 6.45) is 0.874. The predicted octanol–water partition coefficient (Wildman–Crippen LogP) is 5.27. The number of amides is 2. The lowest BCUT2D eigenvalue weighted by molar-refractivity contribution is -0.142. The van der Waals surface area contributed by atoms with Crippen LogP contribution in [0.4, 0.5) is 0 Å². The van der Waals surface area contributed by atoms with Crippen molar-refractivity contribution in [3.05, 3.63) is 69.7 Å². The van der Waals surface area contributed by atoms with Crippen molar-refractivity contribution in [3.8, 4) is 0 Å². The Morgan fingerprint density at radius 2 is 1.74 bits per heavy atom. The third-order valence-corrected chi connectivity index (χ3v) is 7.34. The van der Waals surface area contributed by atoms with Crippen LogP contribution in [0.1, 0.15) is 50.8 Å². The SMILES string of the molecule is CC(C)(C)CC(=O)N(CCN1CCOCC1)CC(=O)N1N=C(c2ccccc2Cl)C[C@@H]1c1ccc(Cl)cc1. The summed E-state index contributed by atoms with van der Waals surface area (Å²) in [7, 11) is 0. The maximum atomic E-state index is 13.8. The van der Waals surface area contributed by atoms with Gasteiger partial charge >= 0.3 is 0 Å². The monoisotopic (exact) mass is 558 g/mol. The molecule has 2 aliphatic rings. The molecule has 0 radical (unpaired) electrons. The Labute approximate surface area is 235 Å². The van der Waals surface area contributed by atoms with E-state index >= 15 is 0 Å². The summed E-state index contributed by atoms with van der Waals surface area (Å²) in [5.41, 5.74) is 2.28. The van der Waals surface area contributed by atoms with Gasteiger partial charge in [-0.15, -0.1) is 0 Å². The van der Waals surface area contributed by atoms with Crippen LogP contribution in [0.5, 0.6) is 0 Å². The Morgan fingerprint density at radius 3 is 2.39 bits per heavy atom. The predicted molar refractivity (Wildman–Crippen MR) is 152 cm³/mol. The van der Waals surface area contributed by atoms with Gasteiger partial charge in [-0.3, -0.25) is 14.5 Å². The van der Waals surface area contributed by atoms with Gasteiger partial charge in [0, 0.05) is 54.6 Å². The van der Waals surface area contributed by atoms with Gasteiger partial charge < -0.3 is 9.64 Å². The summed E-state index contributed by atoms with van der Waals surface area (Å²) in [6, 6.07) is 14.7. The van der Waals surface area contributed by atoms with Crippen LogP contribution in [0.15, 0.2) is 53.6 Å². The molecule has 2 aromatic rings. The Bertz CT molecular complexity index is 1160. The number of hydrogen-bond donors (Lipinski definition) is 0. The molecule has 38 heavy (non-hydrogen) atoms. The molecule has 0 aromatic heterocycles. The van der Waals surface area contributed by atoms with E-state index < -0.39 is 0 Å². The van der Waals surface area contributed by atoms with Crippen LogP contribution >= 0.6 is 23.2 Å². The normalized spacial score (nSPS) is 18.4. The average molecular weight is 560 g/mol. The molecule has 2 heterocycles. The molecule has 7 nitrogen and oxygen atoms in total. The van der Waals surface area contributed by atoms with Crippen LogP contribution in [0.3, 0.4) is 0 Å². The van der Waals surface area contributed by atoms with E-state index in [9.17, 15) is 9.59 Å². The molecule has 2 aliphatic heterocycles. The van der Waals surface area contributed by atoms with Gasteiger partial charge in [-0.1, -0.05) is 74.3 Å². The number of hydrogen-bond acceptors (Lipinski definition) is 5. The number of rotatable bonds is 8. The molecule has 0 unspecified atom stereocenters. The van der Waals surface area contributed by atoms with Crippen LogP contribution in [-0.4, -0.2) is 78.3 Å². The van der Waals surface area contributed by atoms with Gasteiger partial charge in [-0.05, 0) is 29.2 Å². The first-order chi connectivity index (χ1) is 18.1. The van der Waals surface area contributed by atoms with E-state index in [1.54, 1.807) is 4.90 Å². The Kier molecular flexibility index (Phi) is 9.47. The molecule has 0 saturated carbocycles. The number of carbonyl (C=O) groups is 2. The van der Waals surface area contributed by atoms with E-state index in [-0.39, 0.29) is 29.8 Å². The number of hydrazone groups is 1. The lowest BCUT2D eigenvalue weighted by Gasteiger charge is -2.32. The summed E-state index contributed by atoms with van der Waals surface area (Å²) >= 11 is 12.6. The molecule has 4 rings (SSSR count). The molecule has 9 heteroatoms. The Hall–Kier alpha value is -2.45. The standard InChI is InChI=1S/C29H36Cl2N4O3/c1-29(2,3)19-27(36)34(13-12-33-14-16-38-17-15-33)20-28(37)35-26(21-8-10-22(30)11-9-21)18-25(32-35)23-6-4-5-7-24(23)31/h4-11,26H,12-20H2,1-3H3/t26-/m1/s1. The van der Waals surface area contributed by atoms with Crippen molar-refractivity contribution >= 4 is 40.7 Å². The summed E-state index contributed by atoms with van der Waals surface area (Å²) in [5.74, 6) is -0.257. The molecule has 0 bridgehead atoms. The lowest BCUT2D eigenvalue weighted by atomic mass is 9.91. The van der Waals surface area contributed by atoms with Gasteiger partial charge in [-0.2, -0.15) is 5.10 Å². The molecule has 2 amide bonds. The summed E-state index contributed by atoms with van der Waals surface area (Å²) in [4.78, 5) is 31.1. The number of nitrogens with zero attached hydrogens (tertiary/aromatic N) is 4. The maximum Gasteiger partial charge on any atom is 0.262 e. The number of halogens is 2. The van der Waals surface area contributed by atoms with E-state index in [0.29, 0.717) is 49.2 Å². The van der Waals surface area contributed by atoms with Crippen molar-refractivity contribution in [1.82, 2.24) is 14.8 Å². The smallest absolute Gasteiger partial charge is 0.262 e. The number of morpholine rings is 1. The zero-order valence-electron chi connectivity index (χ0n) is 22.3. The molecule has 1 atom stereocenters. The fraction of sp³-hybridized carbons (Fsp3) is 0.483. The van der Waals surface area contributed by atoms with Crippen LogP contribution in [0.25, 0.3) is 0 Å². The van der Waals surface area contributed by atoms with Crippen molar-refractivity contribution in [2.24, 2.45) is 10.5 Å². The van der Waals surface area contributed by atoms with E-state index in [2.05, 4.69) is 4.90 Å². The van der Waals surface area contributed by atoms with E-state index in [4.69, 9.17) is 33.0 Å². The Balaban J connectivity index is 1.58. The summed E-state index contributed by atoms with van der Waals surface area (Å²) < 4.78 is 5.45. The molecule has 204 valence electrons. The van der Waals surface area contributed by atoms with Crippen molar-refractivity contribution in [2.75, 3.05) is 45.9 Å². The number of ether oxygens (including phenoxy) is 1. The molecule has 0 spiro atoms. The van der Waals surface area contributed by atoms with Gasteiger partial charge in [0.05, 0.1) is 25.0 Å². The van der Waals surface area contributed by atoms with Crippen LogP contribution in [0.2, 0.25) is 10.0 Å². The lowest BCUT2D eigenvalue weighted by Crippen LogP contribution is -2.47. The third kappa shape index (κ3) is 7.56. The van der Waals surface area contributed by atoms with Gasteiger partial charge in [0.15, 0.2) is 0 Å². The highest BCUT2D eigenvalue weighted by Crippen LogP contribution is 2.35. The largest absolute Gasteiger partial charge is 0.379 e. The first-order valence-corrected chi connectivity index (χ1v) is 13.8. The second-order valence-electron chi connectivity index (χ2n) is 11.0. The van der Waals surface area contributed by atoms with Crippen molar-refractivity contribution in [3.63, 3.8) is 0 Å². The van der Waals surface area contributed by atoms with Gasteiger partial charge in [0.1, 0.15) is 6.54 Å². The fourth-order valence-electron chi connectivity index (χ4n) is 4.72. The van der Waals surface area contributed by atoms with E-state index in [1.165, 1.54) is 5.01 Å². The third-order valence-electron chi connectivity index (χ3n) is 6.76. The van der Waals surface area contributed by atoms with Crippen molar-refractivity contribution in [2.45, 2.75) is 39.7 Å². The Morgan fingerprint density at radius 1 is 1.05 bits per heavy atom. The molecule has 1 saturated heterocycles. The first-order valence-electron chi connectivity index (χ1n) is 13.1. The van der Waals surface area contributed by atoms with Crippen LogP contribution < -0.4 is 0 Å². The second-order valence-corrected chi connectivity index (χ2v) is 11.9. The molecular formula is C29H36Cl2N4O3. The minimum atomic E-state index is -0.315. The average Bonchev–Trinajstić information content (AvgIpc) is 3.32. The van der Waals surface area contributed by atoms with Gasteiger partial charge in [-0.25, -0.2) is 5.01 Å². The minimum Gasteiger partial charge on any atom is -0.379 e. The highest BCUT2D eigenvalue weighted by Gasteiger charge is 2.35. The number of carbonyl (C=O) groups excluding carboxylic acids is 2. The van der Waals surface area contributed by atoms with Crippen LogP contribution in [-0.2, 0) is 14.3 Å². The number of benzene rings is 2. The zero-order valence-corrected chi connectivity index (χ0v) is 23.8. The van der Waals surface area contributed by atoms with Gasteiger partial charge in [0.2, 0.25) is 5.91 Å². The quantitative estimate of drug-likeness (QED) is 0.442. The highest BCUT2D eigenvalue weighted by molar-refractivity contribution is 6.34. The van der Waals surface area contributed by atoms with Crippen molar-refractivity contribution < 1.29 is 14.3 Å². The van der Waals surface area contributed by atoms with E-state index in [1.807, 2.05) is 69.3 Å². The molecular weight excluding hydrogens is 523 g/mol. The molecule has 1 fully saturated rings. The van der Waals surface area contributed by atoms with Crippen LogP contribution in [0, 0.1) is 5.41 Å². The topological polar surface area (TPSA) is 65.5 Å². The second kappa shape index (κ2) is 12.6. The molecule has 2 aromatic carbocycles.